The van der Waals surface area contributed by atoms with E-state index >= 15 is 0 Å². The fourth-order valence-electron chi connectivity index (χ4n) is 0.539. The van der Waals surface area contributed by atoms with Crippen molar-refractivity contribution in [3.8, 4) is 0 Å². The Labute approximate surface area is 71.5 Å². The Balaban J connectivity index is 3.80. The normalized spacial score (nSPS) is 10.7. The van der Waals surface area contributed by atoms with Crippen LogP contribution in [0, 0.1) is 0 Å². The molecule has 4 heteroatoms. The number of hydrogen-bond acceptors (Lipinski definition) is 3. The van der Waals surface area contributed by atoms with E-state index in [9.17, 15) is 4.79 Å². The molecule has 12 heavy (non-hydrogen) atoms. The molecule has 68 valence electrons. The molecule has 4 nitrogen and oxygen atoms in total. The van der Waals surface area contributed by atoms with Crippen molar-refractivity contribution in [1.29, 1.82) is 0 Å². The lowest BCUT2D eigenvalue weighted by Gasteiger charge is -2.03. The number of alkyl carbamates (subject to hydrolysis) is 1. The lowest BCUT2D eigenvalue weighted by atomic mass is 10.3. The molecule has 0 aliphatic carbocycles. The molecule has 0 bridgehead atoms. The highest BCUT2D eigenvalue weighted by Crippen LogP contribution is 1.95. The van der Waals surface area contributed by atoms with Crippen molar-refractivity contribution in [1.82, 2.24) is 5.32 Å². The van der Waals surface area contributed by atoms with Gasteiger partial charge in [0.2, 0.25) is 0 Å². The van der Waals surface area contributed by atoms with E-state index in [-0.39, 0.29) is 13.2 Å². The molecule has 0 aliphatic rings. The molecule has 2 N–H and O–H groups in total. The van der Waals surface area contributed by atoms with E-state index in [4.69, 9.17) is 9.84 Å². The van der Waals surface area contributed by atoms with Crippen LogP contribution in [0.25, 0.3) is 0 Å². The molecule has 0 aromatic heterocycles. The number of nitrogens with one attached hydrogen (secondary N) is 1. The van der Waals surface area contributed by atoms with E-state index in [1.165, 1.54) is 19.2 Å². The third-order valence-corrected chi connectivity index (χ3v) is 1.19. The zero-order valence-electron chi connectivity index (χ0n) is 7.04. The molecule has 0 aromatic carbocycles. The smallest absolute Gasteiger partial charge is 0.407 e. The maximum Gasteiger partial charge on any atom is 0.407 e. The highest BCUT2D eigenvalue weighted by atomic mass is 16.5. The number of ether oxygens (including phenoxy) is 1. The number of carbonyl (C=O) groups is 1. The summed E-state index contributed by atoms with van der Waals surface area (Å²) in [6.07, 6.45) is 2.55. The van der Waals surface area contributed by atoms with Crippen LogP contribution < -0.4 is 5.32 Å². The van der Waals surface area contributed by atoms with Crippen LogP contribution in [0.15, 0.2) is 24.3 Å². The first-order valence-electron chi connectivity index (χ1n) is 3.51. The minimum absolute atomic E-state index is 0.0849. The second-order valence-electron chi connectivity index (χ2n) is 1.99. The molecule has 0 rings (SSSR count). The Hall–Kier alpha value is -1.29. The summed E-state index contributed by atoms with van der Waals surface area (Å²) in [4.78, 5) is 10.6. The first-order chi connectivity index (χ1) is 5.74. The third kappa shape index (κ3) is 4.51. The average Bonchev–Trinajstić information content (AvgIpc) is 2.11. The van der Waals surface area contributed by atoms with E-state index in [2.05, 4.69) is 11.9 Å². The van der Waals surface area contributed by atoms with Gasteiger partial charge >= 0.3 is 6.09 Å². The third-order valence-electron chi connectivity index (χ3n) is 1.19. The molecule has 0 atom stereocenters. The number of carbonyl (C=O) groups excluding carboxylic acids is 1. The van der Waals surface area contributed by atoms with Gasteiger partial charge in [-0.15, -0.1) is 0 Å². The van der Waals surface area contributed by atoms with Crippen LogP contribution in [0.2, 0.25) is 0 Å². The summed E-state index contributed by atoms with van der Waals surface area (Å²) < 4.78 is 4.70. The Morgan fingerprint density at radius 2 is 2.42 bits per heavy atom. The van der Waals surface area contributed by atoms with Gasteiger partial charge in [0.05, 0.1) is 6.61 Å². The van der Waals surface area contributed by atoms with Crippen LogP contribution in [-0.2, 0) is 4.74 Å². The topological polar surface area (TPSA) is 58.6 Å². The summed E-state index contributed by atoms with van der Waals surface area (Å²) in [7, 11) is 1.48. The Morgan fingerprint density at radius 1 is 1.75 bits per heavy atom. The van der Waals surface area contributed by atoms with Crippen LogP contribution in [0.5, 0.6) is 0 Å². The maximum atomic E-state index is 10.6. The van der Waals surface area contributed by atoms with Crippen LogP contribution in [-0.4, -0.2) is 31.5 Å². The average molecular weight is 171 g/mol. The van der Waals surface area contributed by atoms with Gasteiger partial charge in [-0.1, -0.05) is 18.7 Å². The van der Waals surface area contributed by atoms with Crippen molar-refractivity contribution in [3.63, 3.8) is 0 Å². The monoisotopic (exact) mass is 171 g/mol. The predicted molar refractivity (Wildman–Crippen MR) is 45.8 cm³/mol. The molecule has 0 saturated heterocycles. The van der Waals surface area contributed by atoms with E-state index in [1.54, 1.807) is 0 Å². The Bertz CT molecular complexity index is 187. The van der Waals surface area contributed by atoms with Gasteiger partial charge in [-0.25, -0.2) is 4.79 Å². The summed E-state index contributed by atoms with van der Waals surface area (Å²) in [5, 5.41) is 10.8. The van der Waals surface area contributed by atoms with Gasteiger partial charge in [0.15, 0.2) is 0 Å². The second-order valence-corrected chi connectivity index (χ2v) is 1.99. The zero-order chi connectivity index (χ0) is 9.40. The standard InChI is InChI=1S/C8H13NO3/c1-3-7(4-5-10)6-12-8(11)9-2/h3-4,10H,1,5-6H2,2H3,(H,9,11)/b7-4-. The van der Waals surface area contributed by atoms with Crippen LogP contribution in [0.3, 0.4) is 0 Å². The van der Waals surface area contributed by atoms with Crippen molar-refractivity contribution in [3.05, 3.63) is 24.3 Å². The van der Waals surface area contributed by atoms with E-state index in [0.717, 1.165) is 0 Å². The quantitative estimate of drug-likeness (QED) is 0.604. The van der Waals surface area contributed by atoms with Crippen molar-refractivity contribution < 1.29 is 14.6 Å². The fourth-order valence-corrected chi connectivity index (χ4v) is 0.539. The maximum absolute atomic E-state index is 10.6. The van der Waals surface area contributed by atoms with Gasteiger partial charge < -0.3 is 15.2 Å². The SMILES string of the molecule is C=C/C(=C/CO)COC(=O)NC. The van der Waals surface area contributed by atoms with Crippen molar-refractivity contribution in [2.45, 2.75) is 0 Å². The molecule has 0 saturated carbocycles. The number of hydrogen-bond donors (Lipinski definition) is 2. The molecule has 0 unspecified atom stereocenters. The molecular formula is C8H13NO3. The molecule has 0 heterocycles. The van der Waals surface area contributed by atoms with E-state index in [1.807, 2.05) is 0 Å². The summed E-state index contributed by atoms with van der Waals surface area (Å²) in [5.41, 5.74) is 0.682. The number of rotatable bonds is 4. The van der Waals surface area contributed by atoms with Crippen molar-refractivity contribution in [2.24, 2.45) is 0 Å². The van der Waals surface area contributed by atoms with Crippen molar-refractivity contribution >= 4 is 6.09 Å². The van der Waals surface area contributed by atoms with Crippen LogP contribution in [0.1, 0.15) is 0 Å². The summed E-state index contributed by atoms with van der Waals surface area (Å²) >= 11 is 0. The fraction of sp³-hybridized carbons (Fsp3) is 0.375. The molecule has 0 aliphatic heterocycles. The lowest BCUT2D eigenvalue weighted by Crippen LogP contribution is -2.20. The summed E-state index contributed by atoms with van der Waals surface area (Å²) in [6, 6.07) is 0. The van der Waals surface area contributed by atoms with Gasteiger partial charge in [0, 0.05) is 7.05 Å². The minimum Gasteiger partial charge on any atom is -0.445 e. The molecule has 0 radical (unpaired) electrons. The minimum atomic E-state index is -0.499. The molecule has 0 spiro atoms. The van der Waals surface area contributed by atoms with E-state index in [0.29, 0.717) is 5.57 Å². The number of amides is 1. The van der Waals surface area contributed by atoms with E-state index < -0.39 is 6.09 Å². The number of aliphatic hydroxyl groups is 1. The van der Waals surface area contributed by atoms with Crippen molar-refractivity contribution in [2.75, 3.05) is 20.3 Å². The predicted octanol–water partition coefficient (Wildman–Crippen LogP) is 0.447. The van der Waals surface area contributed by atoms with Gasteiger partial charge in [-0.3, -0.25) is 0 Å². The largest absolute Gasteiger partial charge is 0.445 e. The summed E-state index contributed by atoms with van der Waals surface area (Å²) in [6.45, 7) is 3.54. The summed E-state index contributed by atoms with van der Waals surface area (Å²) in [5.74, 6) is 0. The highest BCUT2D eigenvalue weighted by Gasteiger charge is 1.97. The first kappa shape index (κ1) is 10.7. The van der Waals surface area contributed by atoms with Gasteiger partial charge in [-0.05, 0) is 5.57 Å². The lowest BCUT2D eigenvalue weighted by molar-refractivity contribution is 0.158. The molecule has 1 amide bonds. The molecule has 0 fully saturated rings. The van der Waals surface area contributed by atoms with Gasteiger partial charge in [0.1, 0.15) is 6.61 Å². The highest BCUT2D eigenvalue weighted by molar-refractivity contribution is 5.66. The van der Waals surface area contributed by atoms with Gasteiger partial charge in [0.25, 0.3) is 0 Å². The van der Waals surface area contributed by atoms with Crippen LogP contribution in [0.4, 0.5) is 4.79 Å². The number of aliphatic hydroxyl groups excluding tert-OH is 1. The zero-order valence-corrected chi connectivity index (χ0v) is 7.04. The Morgan fingerprint density at radius 3 is 2.83 bits per heavy atom. The first-order valence-corrected chi connectivity index (χ1v) is 3.51. The van der Waals surface area contributed by atoms with Gasteiger partial charge in [-0.2, -0.15) is 0 Å². The molecular weight excluding hydrogens is 158 g/mol. The second kappa shape index (κ2) is 6.42. The molecule has 0 aromatic rings. The van der Waals surface area contributed by atoms with Crippen LogP contribution >= 0.6 is 0 Å². The Kier molecular flexibility index (Phi) is 5.73.